The molecule has 3 N–H and O–H groups in total. The molecular formula is C17H20ClGeNO5. The molecule has 25 heavy (non-hydrogen) atoms. The van der Waals surface area contributed by atoms with Crippen molar-refractivity contribution in [2.75, 3.05) is 11.9 Å². The Bertz CT molecular complexity index is 662. The average molecular weight is 426 g/mol. The maximum absolute atomic E-state index is 12.7. The first-order chi connectivity index (χ1) is 10.3. The zero-order chi connectivity index (χ0) is 16.3. The summed E-state index contributed by atoms with van der Waals surface area (Å²) in [6, 6.07) is 14.8. The van der Waals surface area contributed by atoms with Crippen LogP contribution in [-0.4, -0.2) is 51.5 Å². The van der Waals surface area contributed by atoms with Crippen molar-refractivity contribution in [2.45, 2.75) is 19.4 Å². The summed E-state index contributed by atoms with van der Waals surface area (Å²) in [6.07, 6.45) is 0. The third kappa shape index (κ3) is 6.68. The number of hydrogen-bond donors (Lipinski definition) is 0. The molecule has 0 atom stereocenters. The molecule has 0 aliphatic heterocycles. The van der Waals surface area contributed by atoms with E-state index in [2.05, 4.69) is 0 Å². The molecule has 2 aromatic rings. The maximum atomic E-state index is 12.7. The summed E-state index contributed by atoms with van der Waals surface area (Å²) in [5.41, 5.74) is -0.142. The van der Waals surface area contributed by atoms with Crippen LogP contribution in [0, 0.1) is 0 Å². The Hall–Kier alpha value is -1.58. The summed E-state index contributed by atoms with van der Waals surface area (Å²) >= 11 is 7.87. The van der Waals surface area contributed by atoms with Crippen LogP contribution < -0.4 is 14.0 Å². The number of halogens is 1. The van der Waals surface area contributed by atoms with Gasteiger partial charge in [-0.3, -0.25) is 0 Å². The summed E-state index contributed by atoms with van der Waals surface area (Å²) in [5, 5.41) is 0.633. The van der Waals surface area contributed by atoms with Gasteiger partial charge in [0.2, 0.25) is 0 Å². The van der Waals surface area contributed by atoms with E-state index >= 15 is 0 Å². The molecule has 8 heteroatoms. The second-order valence-corrected chi connectivity index (χ2v) is 7.13. The van der Waals surface area contributed by atoms with Crippen LogP contribution in [0.1, 0.15) is 13.8 Å². The van der Waals surface area contributed by atoms with Gasteiger partial charge in [0.15, 0.2) is 0 Å². The molecule has 2 aromatic carbocycles. The summed E-state index contributed by atoms with van der Waals surface area (Å²) in [5.74, 6) is 0.492. The second-order valence-electron chi connectivity index (χ2n) is 5.48. The fraction of sp³-hybridized carbons (Fsp3) is 0.235. The molecule has 0 spiro atoms. The first kappa shape index (κ1) is 25.7. The monoisotopic (exact) mass is 427 g/mol. The van der Waals surface area contributed by atoms with Crippen LogP contribution in [0.2, 0.25) is 5.02 Å². The molecule has 0 radical (unpaired) electrons. The summed E-state index contributed by atoms with van der Waals surface area (Å²) in [4.78, 5) is 14.3. The normalized spacial score (nSPS) is 9.84. The SMILES string of the molecule is CN(C(=O)C(C)(C)Oc1ccc(Cl)cc1)c1cc[c]([Ge+3])cc1.[OH-].[OH-].[OH-]. The van der Waals surface area contributed by atoms with Gasteiger partial charge < -0.3 is 16.4 Å². The number of rotatable bonds is 4. The van der Waals surface area contributed by atoms with Gasteiger partial charge in [-0.05, 0) is 0 Å². The van der Waals surface area contributed by atoms with Crippen molar-refractivity contribution in [3.63, 3.8) is 0 Å². The Kier molecular flexibility index (Phi) is 10.7. The second kappa shape index (κ2) is 10.4. The van der Waals surface area contributed by atoms with Gasteiger partial charge in [0.1, 0.15) is 0 Å². The van der Waals surface area contributed by atoms with Gasteiger partial charge in [-0.25, -0.2) is 0 Å². The number of carbonyl (C=O) groups is 1. The van der Waals surface area contributed by atoms with Crippen LogP contribution >= 0.6 is 11.6 Å². The molecule has 0 aromatic heterocycles. The van der Waals surface area contributed by atoms with Gasteiger partial charge in [0.05, 0.1) is 0 Å². The number of likely N-dealkylation sites (N-methyl/N-ethyl adjacent to an activating group) is 1. The van der Waals surface area contributed by atoms with E-state index in [1.807, 2.05) is 40.8 Å². The number of hydrogen-bond acceptors (Lipinski definition) is 5. The van der Waals surface area contributed by atoms with E-state index in [0.29, 0.717) is 10.8 Å². The van der Waals surface area contributed by atoms with E-state index in [1.165, 1.54) is 0 Å². The minimum atomic E-state index is -0.979. The molecule has 0 fully saturated rings. The van der Waals surface area contributed by atoms with E-state index in [0.717, 1.165) is 10.1 Å². The summed E-state index contributed by atoms with van der Waals surface area (Å²) in [6.45, 7) is 3.52. The molecule has 0 aliphatic rings. The Morgan fingerprint density at radius 1 is 1.00 bits per heavy atom. The van der Waals surface area contributed by atoms with E-state index in [-0.39, 0.29) is 22.3 Å². The molecule has 0 heterocycles. The van der Waals surface area contributed by atoms with Crippen LogP contribution in [0.5, 0.6) is 5.75 Å². The fourth-order valence-corrected chi connectivity index (χ4v) is 2.52. The van der Waals surface area contributed by atoms with Crippen molar-refractivity contribution < 1.29 is 26.0 Å². The largest absolute Gasteiger partial charge is 0.870 e. The molecule has 1 amide bonds. The van der Waals surface area contributed by atoms with Crippen molar-refractivity contribution in [2.24, 2.45) is 0 Å². The van der Waals surface area contributed by atoms with Gasteiger partial charge >= 0.3 is 133 Å². The molecule has 0 bridgehead atoms. The van der Waals surface area contributed by atoms with Crippen LogP contribution in [0.3, 0.4) is 0 Å². The molecular weight excluding hydrogens is 406 g/mol. The Morgan fingerprint density at radius 3 is 1.96 bits per heavy atom. The topological polar surface area (TPSA) is 120 Å². The average Bonchev–Trinajstić information content (AvgIpc) is 2.48. The fourth-order valence-electron chi connectivity index (χ4n) is 2.05. The summed E-state index contributed by atoms with van der Waals surface area (Å²) in [7, 11) is 1.75. The minimum Gasteiger partial charge on any atom is -0.870 e. The number of carbonyl (C=O) groups excluding carboxylic acids is 1. The van der Waals surface area contributed by atoms with E-state index in [4.69, 9.17) is 16.3 Å². The van der Waals surface area contributed by atoms with Crippen LogP contribution in [-0.2, 0) is 4.79 Å². The van der Waals surface area contributed by atoms with E-state index < -0.39 is 5.60 Å². The zero-order valence-corrected chi connectivity index (χ0v) is 17.0. The molecule has 6 nitrogen and oxygen atoms in total. The maximum Gasteiger partial charge on any atom is -0.870 e. The van der Waals surface area contributed by atoms with Crippen molar-refractivity contribution in [3.8, 4) is 5.75 Å². The Morgan fingerprint density at radius 2 is 1.48 bits per heavy atom. The number of amides is 1. The molecule has 0 saturated carbocycles. The van der Waals surface area contributed by atoms with Gasteiger partial charge in [0, 0.05) is 0 Å². The van der Waals surface area contributed by atoms with Crippen LogP contribution in [0.25, 0.3) is 0 Å². The van der Waals surface area contributed by atoms with Crippen molar-refractivity contribution in [3.05, 3.63) is 53.6 Å². The van der Waals surface area contributed by atoms with Crippen molar-refractivity contribution >= 4 is 44.1 Å². The first-order valence-electron chi connectivity index (χ1n) is 6.84. The number of nitrogens with zero attached hydrogens (tertiary/aromatic N) is 1. The standard InChI is InChI=1S/C17H17ClGeNO2.3H2O/c1-17(2,22-15-10-4-12(18)5-11-15)16(21)20(3)14-8-6-13(19)7-9-14;;;/h4-11H,1-3H3;3*1H2/q+3;;;/p-3. The van der Waals surface area contributed by atoms with Crippen LogP contribution in [0.4, 0.5) is 5.69 Å². The van der Waals surface area contributed by atoms with E-state index in [1.54, 1.807) is 50.1 Å². The van der Waals surface area contributed by atoms with Gasteiger partial charge in [-0.1, -0.05) is 11.6 Å². The summed E-state index contributed by atoms with van der Waals surface area (Å²) < 4.78 is 6.99. The first-order valence-corrected chi connectivity index (χ1v) is 8.27. The van der Waals surface area contributed by atoms with E-state index in [9.17, 15) is 4.79 Å². The van der Waals surface area contributed by atoms with Crippen molar-refractivity contribution in [1.82, 2.24) is 0 Å². The Balaban J connectivity index is 0. The number of anilines is 1. The predicted octanol–water partition coefficient (Wildman–Crippen LogP) is 2.42. The molecule has 134 valence electrons. The third-order valence-corrected chi connectivity index (χ3v) is 4.21. The molecule has 0 aliphatic carbocycles. The van der Waals surface area contributed by atoms with Gasteiger partial charge in [-0.15, -0.1) is 0 Å². The zero-order valence-electron chi connectivity index (χ0n) is 14.1. The molecule has 0 unspecified atom stereocenters. The Labute approximate surface area is 160 Å². The van der Waals surface area contributed by atoms with Crippen molar-refractivity contribution in [1.29, 1.82) is 0 Å². The molecule has 0 saturated heterocycles. The predicted molar refractivity (Wildman–Crippen MR) is 97.2 cm³/mol. The quantitative estimate of drug-likeness (QED) is 0.696. The van der Waals surface area contributed by atoms with Crippen LogP contribution in [0.15, 0.2) is 48.5 Å². The minimum absolute atomic E-state index is 0. The van der Waals surface area contributed by atoms with Gasteiger partial charge in [0.25, 0.3) is 0 Å². The number of ether oxygens (including phenoxy) is 1. The third-order valence-electron chi connectivity index (χ3n) is 3.26. The van der Waals surface area contributed by atoms with Gasteiger partial charge in [-0.2, -0.15) is 0 Å². The number of benzene rings is 2. The molecule has 2 rings (SSSR count). The smallest absolute Gasteiger partial charge is 0.870 e.